The van der Waals surface area contributed by atoms with E-state index >= 15 is 0 Å². The predicted molar refractivity (Wildman–Crippen MR) is 451 cm³/mol. The number of piperidine rings is 2. The quantitative estimate of drug-likeness (QED) is 0.0171. The van der Waals surface area contributed by atoms with Crippen LogP contribution >= 0.6 is 24.8 Å². The molecule has 4 aliphatic heterocycles. The first-order valence-electron chi connectivity index (χ1n) is 38.4. The van der Waals surface area contributed by atoms with Crippen LogP contribution in [-0.4, -0.2) is 177 Å². The Labute approximate surface area is 705 Å². The number of carbonyl (C=O) groups excluding carboxylic acids is 5. The number of carboxylic acid groups (broad SMARTS) is 1. The van der Waals surface area contributed by atoms with E-state index < -0.39 is 47.3 Å². The first kappa shape index (κ1) is 97.1. The van der Waals surface area contributed by atoms with Crippen LogP contribution in [-0.2, 0) is 21.9 Å². The van der Waals surface area contributed by atoms with Crippen molar-refractivity contribution >= 4 is 95.4 Å². The number of amides is 7. The van der Waals surface area contributed by atoms with Crippen LogP contribution < -0.4 is 77.1 Å². The molecule has 0 spiro atoms. The van der Waals surface area contributed by atoms with E-state index in [2.05, 4.69) is 57.0 Å². The Morgan fingerprint density at radius 1 is 0.525 bits per heavy atom. The average molecular weight is 1720 g/mol. The van der Waals surface area contributed by atoms with Crippen LogP contribution in [0.15, 0.2) is 158 Å². The Kier molecular flexibility index (Phi) is 38.7. The summed E-state index contributed by atoms with van der Waals surface area (Å²) in [7, 11) is 3.04. The Morgan fingerprint density at radius 3 is 1.42 bits per heavy atom. The van der Waals surface area contributed by atoms with E-state index in [4.69, 9.17) is 54.5 Å². The summed E-state index contributed by atoms with van der Waals surface area (Å²) in [4.78, 5) is 83.2. The van der Waals surface area contributed by atoms with Crippen LogP contribution in [0, 0.1) is 13.8 Å². The van der Waals surface area contributed by atoms with Gasteiger partial charge in [-0.2, -0.15) is 26.3 Å². The van der Waals surface area contributed by atoms with E-state index in [0.29, 0.717) is 98.5 Å². The Hall–Kier alpha value is -11.7. The van der Waals surface area contributed by atoms with E-state index in [9.17, 15) is 50.3 Å². The highest BCUT2D eigenvalue weighted by atomic mass is 35.5. The number of urea groups is 2. The normalized spacial score (nSPS) is 14.1. The molecule has 650 valence electrons. The number of aromatic nitrogens is 2. The molecule has 6 heterocycles. The van der Waals surface area contributed by atoms with Crippen molar-refractivity contribution in [1.29, 1.82) is 0 Å². The number of hydrogen-bond donors (Lipinski definition) is 10. The topological polar surface area (TPSA) is 359 Å². The number of nitrogens with zero attached hydrogens (tertiary/aromatic N) is 5. The van der Waals surface area contributed by atoms with Crippen LogP contribution in [0.4, 0.5) is 74.9 Å². The molecule has 2 aromatic heterocycles. The van der Waals surface area contributed by atoms with Crippen molar-refractivity contribution in [2.75, 3.05) is 125 Å². The minimum atomic E-state index is -4.65. The van der Waals surface area contributed by atoms with Gasteiger partial charge in [0.05, 0.1) is 11.1 Å². The molecule has 0 atom stereocenters. The Balaban J connectivity index is 0.000000253. The number of carbonyl (C=O) groups is 6. The fourth-order valence-electron chi connectivity index (χ4n) is 12.4. The van der Waals surface area contributed by atoms with Gasteiger partial charge < -0.3 is 91.8 Å². The summed E-state index contributed by atoms with van der Waals surface area (Å²) in [6.45, 7) is 19.2. The van der Waals surface area contributed by atoms with Gasteiger partial charge in [0, 0.05) is 123 Å². The van der Waals surface area contributed by atoms with Gasteiger partial charge in [-0.3, -0.25) is 34.2 Å². The smallest absolute Gasteiger partial charge is 0.420 e. The van der Waals surface area contributed by atoms with Crippen LogP contribution in [0.1, 0.15) is 115 Å². The molecule has 4 aliphatic rings. The maximum atomic E-state index is 13.7. The van der Waals surface area contributed by atoms with Gasteiger partial charge in [0.15, 0.2) is 0 Å². The van der Waals surface area contributed by atoms with Crippen LogP contribution in [0.2, 0.25) is 0 Å². The standard InChI is InChI=1S/C27H31N5O4.C26H26F3N5O4.C17H23F3N2O3.C13H20N2O.CH2O2.2ClH/c1-19-23(6-5-7-25(19)35-17-16-32-14-3-4-15-32)31-27(34)30-20-8-10-21(11-9-20)36-22-12-13-29-24(18-22)26(33)28-2;1-30-24(35)22-15-20(10-13-32-22)37-18-5-2-16(3-6-18)33-25(36)34-17-4-7-23(21(14-17)26(27,28)29)38-19-8-11-31-12-9-19;1-16(2,3)25-15(23)22-8-6-12(7-9-22)24-14-5-4-11(21)10-13(14)17(18,19)20;1-11-12(14)5-4-6-13(11)16-10-9-15-7-2-3-8-15;2-1-3;;/h5-13,18H,3-4,14-17H2,1-2H3,(H,28,33)(H2,30,31,34);2-7,10,13-15,19,31H,8-9,11-12H2,1H3,(H,30,35)(H2,33,34,36);4-5,10,12H,6-9,21H2,1-3H3;4-6H,2-3,7-10,14H2,1H3;1H,(H,2,3);2*1H. The number of nitrogens with two attached hydrogens (primary N) is 2. The maximum Gasteiger partial charge on any atom is 0.420 e. The molecule has 7 amide bonds. The minimum Gasteiger partial charge on any atom is -0.492 e. The van der Waals surface area contributed by atoms with Gasteiger partial charge in [-0.25, -0.2) is 14.4 Å². The second kappa shape index (κ2) is 47.8. The Morgan fingerprint density at radius 2 is 0.950 bits per heavy atom. The zero-order valence-electron chi connectivity index (χ0n) is 67.6. The summed E-state index contributed by atoms with van der Waals surface area (Å²) in [5.74, 6) is 2.41. The lowest BCUT2D eigenvalue weighted by molar-refractivity contribution is -0.140. The number of ether oxygens (including phenoxy) is 7. The molecular formula is C84H104Cl2F6N14O14. The highest BCUT2D eigenvalue weighted by Crippen LogP contribution is 2.41. The van der Waals surface area contributed by atoms with E-state index in [1.807, 2.05) is 50.2 Å². The van der Waals surface area contributed by atoms with Crippen LogP contribution in [0.5, 0.6) is 46.0 Å². The van der Waals surface area contributed by atoms with Gasteiger partial charge in [0.1, 0.15) is 88.4 Å². The van der Waals surface area contributed by atoms with Gasteiger partial charge in [-0.05, 0) is 234 Å². The molecule has 8 aromatic rings. The number of nitrogen functional groups attached to an aromatic ring is 2. The minimum absolute atomic E-state index is 0. The third-order valence-corrected chi connectivity index (χ3v) is 18.5. The molecule has 6 aromatic carbocycles. The molecule has 4 saturated heterocycles. The second-order valence-corrected chi connectivity index (χ2v) is 28.4. The van der Waals surface area contributed by atoms with Crippen molar-refractivity contribution in [2.24, 2.45) is 0 Å². The number of alkyl halides is 6. The zero-order chi connectivity index (χ0) is 85.4. The van der Waals surface area contributed by atoms with Crippen molar-refractivity contribution in [3.05, 3.63) is 192 Å². The lowest BCUT2D eigenvalue weighted by Crippen LogP contribution is -2.44. The number of likely N-dealkylation sites (tertiary alicyclic amines) is 3. The average Bonchev–Trinajstić information content (AvgIpc) is 0.933. The highest BCUT2D eigenvalue weighted by Gasteiger charge is 2.38. The van der Waals surface area contributed by atoms with Crippen LogP contribution in [0.3, 0.4) is 0 Å². The molecule has 12 rings (SSSR count). The number of rotatable bonds is 22. The van der Waals surface area contributed by atoms with Gasteiger partial charge >= 0.3 is 30.5 Å². The maximum absolute atomic E-state index is 13.7. The lowest BCUT2D eigenvalue weighted by atomic mass is 10.1. The fraction of sp³-hybridized carbons (Fsp3) is 0.381. The molecule has 0 saturated carbocycles. The fourth-order valence-corrected chi connectivity index (χ4v) is 12.4. The third kappa shape index (κ3) is 32.2. The highest BCUT2D eigenvalue weighted by molar-refractivity contribution is 6.01. The summed E-state index contributed by atoms with van der Waals surface area (Å²) in [6.07, 6.45) is -0.0955. The Bertz CT molecular complexity index is 4590. The number of benzene rings is 6. The van der Waals surface area contributed by atoms with Gasteiger partial charge in [-0.15, -0.1) is 24.8 Å². The van der Waals surface area contributed by atoms with Crippen molar-refractivity contribution in [3.8, 4) is 46.0 Å². The van der Waals surface area contributed by atoms with E-state index in [1.165, 1.54) is 88.5 Å². The van der Waals surface area contributed by atoms with Gasteiger partial charge in [-0.1, -0.05) is 12.1 Å². The van der Waals surface area contributed by atoms with Crippen LogP contribution in [0.25, 0.3) is 0 Å². The first-order valence-corrected chi connectivity index (χ1v) is 38.4. The molecule has 0 radical (unpaired) electrons. The van der Waals surface area contributed by atoms with Crippen molar-refractivity contribution in [2.45, 2.75) is 116 Å². The molecule has 36 heteroatoms. The van der Waals surface area contributed by atoms with E-state index in [-0.39, 0.29) is 89.5 Å². The molecule has 4 fully saturated rings. The number of hydrogen-bond acceptors (Lipinski definition) is 20. The largest absolute Gasteiger partial charge is 0.492 e. The molecule has 28 nitrogen and oxygen atoms in total. The number of anilines is 6. The van der Waals surface area contributed by atoms with Crippen molar-refractivity contribution in [1.82, 2.24) is 40.6 Å². The summed E-state index contributed by atoms with van der Waals surface area (Å²) >= 11 is 0. The summed E-state index contributed by atoms with van der Waals surface area (Å²) < 4.78 is 120. The van der Waals surface area contributed by atoms with Crippen molar-refractivity contribution in [3.63, 3.8) is 0 Å². The summed E-state index contributed by atoms with van der Waals surface area (Å²) in [6, 6.07) is 36.8. The lowest BCUT2D eigenvalue weighted by Gasteiger charge is -2.33. The third-order valence-electron chi connectivity index (χ3n) is 18.5. The van der Waals surface area contributed by atoms with E-state index in [0.717, 1.165) is 73.2 Å². The van der Waals surface area contributed by atoms with Crippen molar-refractivity contribution < 1.29 is 93.4 Å². The summed E-state index contributed by atoms with van der Waals surface area (Å²) in [5, 5.41) is 25.7. The van der Waals surface area contributed by atoms with Gasteiger partial charge in [0.25, 0.3) is 18.3 Å². The predicted octanol–water partition coefficient (Wildman–Crippen LogP) is 16.3. The molecular weight excluding hydrogens is 1610 g/mol. The first-order chi connectivity index (χ1) is 56.4. The zero-order valence-corrected chi connectivity index (χ0v) is 69.2. The summed E-state index contributed by atoms with van der Waals surface area (Å²) in [5.41, 5.74) is 13.7. The number of nitrogens with one attached hydrogen (secondary N) is 7. The van der Waals surface area contributed by atoms with E-state index in [1.54, 1.807) is 99.4 Å². The molecule has 0 aliphatic carbocycles. The van der Waals surface area contributed by atoms with Gasteiger partial charge in [0.2, 0.25) is 0 Å². The molecule has 12 N–H and O–H groups in total. The molecule has 120 heavy (non-hydrogen) atoms. The monoisotopic (exact) mass is 1720 g/mol. The number of halogens is 8. The molecule has 0 bridgehead atoms. The second-order valence-electron chi connectivity index (χ2n) is 28.4. The number of pyridine rings is 2. The molecule has 0 unspecified atom stereocenters. The SMILES string of the molecule is CC(C)(C)OC(=O)N1CCC(Oc2ccc(N)cc2C(F)(F)F)CC1.CNC(=O)c1cc(Oc2ccc(NC(=O)Nc3ccc(OC4CCNCC4)c(C(F)(F)F)c3)cc2)ccn1.CNC(=O)c1cc(Oc2ccc(NC(=O)Nc3cccc(OCCN4CCCC4)c3C)cc2)ccn1.Cc1c(N)cccc1OCCN1CCCC1.Cl.Cl.O=CO.